The number of nitrogens with one attached hydrogen (secondary N) is 2. The molecule has 6 heteroatoms. The number of carbonyl (C=O) groups is 1. The summed E-state index contributed by atoms with van der Waals surface area (Å²) in [5.41, 5.74) is 5.68. The quantitative estimate of drug-likeness (QED) is 0.678. The molecule has 0 saturated carbocycles. The smallest absolute Gasteiger partial charge is 0.255 e. The Hall–Kier alpha value is -2.44. The third-order valence-corrected chi connectivity index (χ3v) is 3.30. The molecule has 0 saturated heterocycles. The molecule has 0 aliphatic heterocycles. The maximum absolute atomic E-state index is 11.4. The molecule has 2 aromatic heterocycles. The largest absolute Gasteiger partial charge is 0.329 e. The zero-order valence-corrected chi connectivity index (χ0v) is 12.0. The van der Waals surface area contributed by atoms with Gasteiger partial charge in [0.15, 0.2) is 0 Å². The van der Waals surface area contributed by atoms with E-state index in [9.17, 15) is 9.59 Å². The molecule has 0 fully saturated rings. The summed E-state index contributed by atoms with van der Waals surface area (Å²) in [7, 11) is 0. The number of anilines is 1. The van der Waals surface area contributed by atoms with Gasteiger partial charge in [0.25, 0.3) is 5.56 Å². The van der Waals surface area contributed by atoms with Crippen LogP contribution in [0.4, 0.5) is 5.69 Å². The fourth-order valence-corrected chi connectivity index (χ4v) is 2.16. The molecule has 0 spiro atoms. The van der Waals surface area contributed by atoms with Gasteiger partial charge in [-0.1, -0.05) is 12.1 Å². The monoisotopic (exact) mass is 301 g/mol. The van der Waals surface area contributed by atoms with Gasteiger partial charge in [0, 0.05) is 17.3 Å². The average Bonchev–Trinajstić information content (AvgIpc) is 3.07. The molecule has 3 rings (SSSR count). The second-order valence-electron chi connectivity index (χ2n) is 4.15. The van der Waals surface area contributed by atoms with Crippen molar-refractivity contribution in [3.05, 3.63) is 63.7 Å². The fraction of sp³-hybridized carbons (Fsp3) is 0.0667. The summed E-state index contributed by atoms with van der Waals surface area (Å²) < 4.78 is 0. The molecule has 1 aromatic carbocycles. The van der Waals surface area contributed by atoms with Crippen LogP contribution in [0.1, 0.15) is 0 Å². The topological polar surface area (TPSA) is 88.0 Å². The van der Waals surface area contributed by atoms with Gasteiger partial charge in [-0.15, -0.1) is 0 Å². The van der Waals surface area contributed by atoms with Gasteiger partial charge in [-0.2, -0.15) is 11.3 Å². The lowest BCUT2D eigenvalue weighted by atomic mass is 10.1. The zero-order chi connectivity index (χ0) is 15.1. The van der Waals surface area contributed by atoms with Gasteiger partial charge in [-0.25, -0.2) is 0 Å². The Bertz CT molecular complexity index is 749. The summed E-state index contributed by atoms with van der Waals surface area (Å²) >= 11 is 1.71. The first-order valence-electron chi connectivity index (χ1n) is 6.29. The number of carbonyl (C=O) groups excluding carboxylic acids is 1. The molecule has 0 aliphatic carbocycles. The Balaban J connectivity index is 0.000000272. The van der Waals surface area contributed by atoms with Crippen LogP contribution >= 0.6 is 11.3 Å². The number of H-pyrrole nitrogens is 1. The van der Waals surface area contributed by atoms with E-state index in [2.05, 4.69) is 10.3 Å². The SMILES string of the molecule is NCC(=O)Nc1ccc2c(=O)[nH]ccc2c1.c1ccsc1. The summed E-state index contributed by atoms with van der Waals surface area (Å²) in [5.74, 6) is -0.260. The molecule has 0 atom stereocenters. The first-order chi connectivity index (χ1) is 10.2. The van der Waals surface area contributed by atoms with Crippen LogP contribution in [0.2, 0.25) is 0 Å². The average molecular weight is 301 g/mol. The van der Waals surface area contributed by atoms with Gasteiger partial charge in [0.1, 0.15) is 0 Å². The number of fused-ring (bicyclic) bond motifs is 1. The number of aromatic nitrogens is 1. The number of aromatic amines is 1. The lowest BCUT2D eigenvalue weighted by Crippen LogP contribution is -2.21. The van der Waals surface area contributed by atoms with Gasteiger partial charge >= 0.3 is 0 Å². The number of benzene rings is 1. The van der Waals surface area contributed by atoms with Crippen LogP contribution in [0.25, 0.3) is 10.8 Å². The third kappa shape index (κ3) is 4.27. The first-order valence-corrected chi connectivity index (χ1v) is 7.23. The highest BCUT2D eigenvalue weighted by molar-refractivity contribution is 7.07. The van der Waals surface area contributed by atoms with Crippen LogP contribution in [0, 0.1) is 0 Å². The van der Waals surface area contributed by atoms with E-state index in [0.29, 0.717) is 11.1 Å². The Morgan fingerprint density at radius 2 is 2.00 bits per heavy atom. The molecule has 3 aromatic rings. The molecule has 0 unspecified atom stereocenters. The van der Waals surface area contributed by atoms with Crippen LogP contribution in [-0.2, 0) is 4.79 Å². The lowest BCUT2D eigenvalue weighted by Gasteiger charge is -2.04. The highest BCUT2D eigenvalue weighted by Gasteiger charge is 2.02. The van der Waals surface area contributed by atoms with Gasteiger partial charge in [0.2, 0.25) is 5.91 Å². The lowest BCUT2D eigenvalue weighted by molar-refractivity contribution is -0.114. The molecule has 21 heavy (non-hydrogen) atoms. The molecule has 0 bridgehead atoms. The van der Waals surface area contributed by atoms with Gasteiger partial charge in [0.05, 0.1) is 6.54 Å². The zero-order valence-electron chi connectivity index (χ0n) is 11.2. The summed E-state index contributed by atoms with van der Waals surface area (Å²) in [6.07, 6.45) is 1.57. The van der Waals surface area contributed by atoms with E-state index in [1.165, 1.54) is 0 Å². The van der Waals surface area contributed by atoms with Gasteiger partial charge in [-0.05, 0) is 40.4 Å². The minimum absolute atomic E-state index is 0.0621. The first kappa shape index (κ1) is 15.0. The number of pyridine rings is 1. The second-order valence-corrected chi connectivity index (χ2v) is 4.97. The number of hydrogen-bond donors (Lipinski definition) is 3. The number of amides is 1. The Kier molecular flexibility index (Phi) is 5.25. The second kappa shape index (κ2) is 7.37. The van der Waals surface area contributed by atoms with Crippen molar-refractivity contribution in [3.63, 3.8) is 0 Å². The minimum Gasteiger partial charge on any atom is -0.329 e. The van der Waals surface area contributed by atoms with Crippen molar-refractivity contribution < 1.29 is 4.79 Å². The van der Waals surface area contributed by atoms with Crippen LogP contribution in [0.5, 0.6) is 0 Å². The maximum Gasteiger partial charge on any atom is 0.255 e. The number of nitrogens with two attached hydrogens (primary N) is 1. The molecular formula is C15H15N3O2S. The van der Waals surface area contributed by atoms with E-state index in [0.717, 1.165) is 5.39 Å². The molecule has 2 heterocycles. The summed E-state index contributed by atoms with van der Waals surface area (Å²) in [6, 6.07) is 10.9. The number of hydrogen-bond acceptors (Lipinski definition) is 4. The van der Waals surface area contributed by atoms with Gasteiger partial charge < -0.3 is 16.0 Å². The molecular weight excluding hydrogens is 286 g/mol. The van der Waals surface area contributed by atoms with Crippen molar-refractivity contribution in [2.45, 2.75) is 0 Å². The van der Waals surface area contributed by atoms with E-state index in [1.54, 1.807) is 41.8 Å². The molecule has 108 valence electrons. The summed E-state index contributed by atoms with van der Waals surface area (Å²) in [5, 5.41) is 8.08. The fourth-order valence-electron chi connectivity index (χ4n) is 1.71. The van der Waals surface area contributed by atoms with Crippen molar-refractivity contribution in [3.8, 4) is 0 Å². The van der Waals surface area contributed by atoms with Crippen LogP contribution in [0.3, 0.4) is 0 Å². The molecule has 4 N–H and O–H groups in total. The van der Waals surface area contributed by atoms with Crippen molar-refractivity contribution >= 4 is 33.7 Å². The van der Waals surface area contributed by atoms with Crippen molar-refractivity contribution in [1.82, 2.24) is 4.98 Å². The normalized spacial score (nSPS) is 9.76. The molecule has 1 amide bonds. The highest BCUT2D eigenvalue weighted by Crippen LogP contribution is 2.15. The third-order valence-electron chi connectivity index (χ3n) is 2.67. The molecule has 5 nitrogen and oxygen atoms in total. The van der Waals surface area contributed by atoms with E-state index in [1.807, 2.05) is 22.9 Å². The molecule has 0 aliphatic rings. The van der Waals surface area contributed by atoms with Crippen molar-refractivity contribution in [1.29, 1.82) is 0 Å². The predicted molar refractivity (Wildman–Crippen MR) is 86.6 cm³/mol. The van der Waals surface area contributed by atoms with E-state index in [-0.39, 0.29) is 18.0 Å². The Morgan fingerprint density at radius 1 is 1.24 bits per heavy atom. The number of rotatable bonds is 2. The number of thiophene rings is 1. The van der Waals surface area contributed by atoms with E-state index < -0.39 is 0 Å². The van der Waals surface area contributed by atoms with Crippen LogP contribution in [0.15, 0.2) is 58.1 Å². The maximum atomic E-state index is 11.4. The minimum atomic E-state index is -0.260. The Labute approximate surface area is 125 Å². The van der Waals surface area contributed by atoms with Gasteiger partial charge in [-0.3, -0.25) is 9.59 Å². The summed E-state index contributed by atoms with van der Waals surface area (Å²) in [6.45, 7) is -0.0621. The van der Waals surface area contributed by atoms with Crippen LogP contribution in [-0.4, -0.2) is 17.4 Å². The van der Waals surface area contributed by atoms with E-state index >= 15 is 0 Å². The predicted octanol–water partition coefficient (Wildman–Crippen LogP) is 2.17. The van der Waals surface area contributed by atoms with E-state index in [4.69, 9.17) is 5.73 Å². The highest BCUT2D eigenvalue weighted by atomic mass is 32.1. The Morgan fingerprint density at radius 3 is 2.62 bits per heavy atom. The van der Waals surface area contributed by atoms with Crippen molar-refractivity contribution in [2.24, 2.45) is 5.73 Å². The summed E-state index contributed by atoms with van der Waals surface area (Å²) in [4.78, 5) is 25.1. The van der Waals surface area contributed by atoms with Crippen LogP contribution < -0.4 is 16.6 Å². The van der Waals surface area contributed by atoms with Crippen molar-refractivity contribution in [2.75, 3.05) is 11.9 Å². The molecule has 0 radical (unpaired) electrons. The standard InChI is InChI=1S/C11H11N3O2.C4H4S/c12-6-10(15)14-8-1-2-9-7(5-8)3-4-13-11(9)16;1-2-4-5-3-1/h1-5H,6,12H2,(H,13,16)(H,14,15);1-4H.